The molecule has 0 aliphatic carbocycles. The highest BCUT2D eigenvalue weighted by Gasteiger charge is 2.29. The summed E-state index contributed by atoms with van der Waals surface area (Å²) in [6.07, 6.45) is 20.4. The van der Waals surface area contributed by atoms with Gasteiger partial charge in [-0.1, -0.05) is 96.8 Å². The van der Waals surface area contributed by atoms with Crippen LogP contribution < -0.4 is 0 Å². The molecule has 24 heavy (non-hydrogen) atoms. The Morgan fingerprint density at radius 1 is 0.750 bits per heavy atom. The van der Waals surface area contributed by atoms with Crippen LogP contribution in [-0.2, 0) is 13.6 Å². The maximum absolute atomic E-state index is 11.3. The average Bonchev–Trinajstić information content (AvgIpc) is 2.56. The van der Waals surface area contributed by atoms with Crippen molar-refractivity contribution in [2.24, 2.45) is 5.92 Å². The number of unbranched alkanes of at least 4 members (excludes halogenated alkanes) is 13. The minimum Gasteiger partial charge on any atom is -0.297 e. The van der Waals surface area contributed by atoms with Gasteiger partial charge in [-0.05, 0) is 6.42 Å². The molecule has 1 fully saturated rings. The lowest BCUT2D eigenvalue weighted by Gasteiger charge is -2.25. The Hall–Kier alpha value is 0.440. The second-order valence-corrected chi connectivity index (χ2v) is 9.89. The minimum absolute atomic E-state index is 0.364. The SMILES string of the molecule is CCCCCCCCCCCCCCCCC1COP(=O)(Cl)OC1. The fraction of sp³-hybridized carbons (Fsp3) is 1.00. The van der Waals surface area contributed by atoms with Crippen molar-refractivity contribution in [1.82, 2.24) is 0 Å². The van der Waals surface area contributed by atoms with E-state index in [-0.39, 0.29) is 0 Å². The summed E-state index contributed by atoms with van der Waals surface area (Å²) in [5.74, 6) is 0.364. The zero-order valence-electron chi connectivity index (χ0n) is 15.6. The van der Waals surface area contributed by atoms with Gasteiger partial charge < -0.3 is 0 Å². The van der Waals surface area contributed by atoms with Crippen LogP contribution >= 0.6 is 18.2 Å². The third kappa shape index (κ3) is 12.8. The molecule has 0 aromatic heterocycles. The van der Waals surface area contributed by atoms with Gasteiger partial charge in [-0.15, -0.1) is 0 Å². The Kier molecular flexibility index (Phi) is 13.7. The van der Waals surface area contributed by atoms with E-state index in [1.54, 1.807) is 0 Å². The first-order valence-corrected chi connectivity index (χ1v) is 12.7. The van der Waals surface area contributed by atoms with Gasteiger partial charge in [-0.3, -0.25) is 9.05 Å². The molecule has 0 N–H and O–H groups in total. The molecule has 5 heteroatoms. The molecule has 3 nitrogen and oxygen atoms in total. The Bertz CT molecular complexity index is 327. The molecule has 1 aliphatic rings. The van der Waals surface area contributed by atoms with Crippen LogP contribution in [0, 0.1) is 5.92 Å². The third-order valence-electron chi connectivity index (χ3n) is 4.89. The summed E-state index contributed by atoms with van der Waals surface area (Å²) in [5.41, 5.74) is 0. The molecule has 0 bridgehead atoms. The molecule has 0 amide bonds. The summed E-state index contributed by atoms with van der Waals surface area (Å²) >= 11 is 5.54. The first-order valence-electron chi connectivity index (χ1n) is 10.2. The maximum atomic E-state index is 11.3. The largest absolute Gasteiger partial charge is 0.424 e. The van der Waals surface area contributed by atoms with Crippen molar-refractivity contribution in [2.45, 2.75) is 103 Å². The average molecular weight is 381 g/mol. The lowest BCUT2D eigenvalue weighted by atomic mass is 10.0. The second-order valence-electron chi connectivity index (χ2n) is 7.27. The van der Waals surface area contributed by atoms with E-state index in [1.807, 2.05) is 0 Å². The predicted octanol–water partition coefficient (Wildman–Crippen LogP) is 7.87. The molecule has 0 radical (unpaired) electrons. The lowest BCUT2D eigenvalue weighted by molar-refractivity contribution is 0.0964. The fourth-order valence-electron chi connectivity index (χ4n) is 3.27. The van der Waals surface area contributed by atoms with Crippen molar-refractivity contribution >= 4 is 18.2 Å². The summed E-state index contributed by atoms with van der Waals surface area (Å²) in [6, 6.07) is 0. The number of hydrogen-bond acceptors (Lipinski definition) is 3. The van der Waals surface area contributed by atoms with Gasteiger partial charge in [-0.2, -0.15) is 0 Å². The summed E-state index contributed by atoms with van der Waals surface area (Å²) in [6.45, 7) is 0.0217. The van der Waals surface area contributed by atoms with E-state index in [9.17, 15) is 4.57 Å². The molecule has 0 aromatic rings. The highest BCUT2D eigenvalue weighted by Crippen LogP contribution is 2.56. The van der Waals surface area contributed by atoms with Crippen LogP contribution in [0.3, 0.4) is 0 Å². The Morgan fingerprint density at radius 3 is 1.54 bits per heavy atom. The molecular formula is C19H38ClO3P. The number of hydrogen-bond donors (Lipinski definition) is 0. The summed E-state index contributed by atoms with van der Waals surface area (Å²) < 4.78 is 21.4. The van der Waals surface area contributed by atoms with Crippen LogP contribution in [0.25, 0.3) is 0 Å². The van der Waals surface area contributed by atoms with Gasteiger partial charge in [0.25, 0.3) is 0 Å². The molecule has 0 atom stereocenters. The van der Waals surface area contributed by atoms with Crippen molar-refractivity contribution in [3.63, 3.8) is 0 Å². The van der Waals surface area contributed by atoms with Crippen LogP contribution in [0.5, 0.6) is 0 Å². The number of rotatable bonds is 15. The van der Waals surface area contributed by atoms with Gasteiger partial charge >= 0.3 is 6.95 Å². The highest BCUT2D eigenvalue weighted by atomic mass is 35.7. The second kappa shape index (κ2) is 14.6. The van der Waals surface area contributed by atoms with Crippen molar-refractivity contribution in [1.29, 1.82) is 0 Å². The van der Waals surface area contributed by atoms with Gasteiger partial charge in [0.2, 0.25) is 0 Å². The molecule has 1 heterocycles. The molecule has 0 spiro atoms. The summed E-state index contributed by atoms with van der Waals surface area (Å²) in [7, 11) is 0. The normalized spacial score (nSPS) is 24.3. The van der Waals surface area contributed by atoms with Gasteiger partial charge in [0.05, 0.1) is 13.2 Å². The zero-order valence-corrected chi connectivity index (χ0v) is 17.3. The maximum Gasteiger partial charge on any atom is 0.424 e. The number of halogens is 1. The minimum atomic E-state index is -3.23. The van der Waals surface area contributed by atoms with Crippen molar-refractivity contribution < 1.29 is 13.6 Å². The molecule has 0 unspecified atom stereocenters. The van der Waals surface area contributed by atoms with E-state index >= 15 is 0 Å². The Balaban J connectivity index is 1.74. The van der Waals surface area contributed by atoms with Crippen molar-refractivity contribution in [2.75, 3.05) is 13.2 Å². The van der Waals surface area contributed by atoms with E-state index < -0.39 is 6.95 Å². The molecular weight excluding hydrogens is 343 g/mol. The first-order chi connectivity index (χ1) is 11.6. The van der Waals surface area contributed by atoms with Crippen LogP contribution in [-0.4, -0.2) is 13.2 Å². The summed E-state index contributed by atoms with van der Waals surface area (Å²) in [5, 5.41) is 0. The quantitative estimate of drug-likeness (QED) is 0.214. The van der Waals surface area contributed by atoms with Crippen molar-refractivity contribution in [3.05, 3.63) is 0 Å². The molecule has 1 rings (SSSR count). The van der Waals surface area contributed by atoms with E-state index in [0.29, 0.717) is 19.1 Å². The topological polar surface area (TPSA) is 35.5 Å². The first kappa shape index (κ1) is 22.5. The van der Waals surface area contributed by atoms with Gasteiger partial charge in [0.1, 0.15) is 0 Å². The molecule has 0 saturated carbocycles. The summed E-state index contributed by atoms with van der Waals surface area (Å²) in [4.78, 5) is 0. The van der Waals surface area contributed by atoms with Gasteiger partial charge in [0.15, 0.2) is 0 Å². The van der Waals surface area contributed by atoms with Crippen molar-refractivity contribution in [3.8, 4) is 0 Å². The van der Waals surface area contributed by atoms with E-state index in [4.69, 9.17) is 20.3 Å². The van der Waals surface area contributed by atoms with Gasteiger partial charge in [0, 0.05) is 17.2 Å². The van der Waals surface area contributed by atoms with E-state index in [1.165, 1.54) is 89.9 Å². The standard InChI is InChI=1S/C19H38ClO3P/c1-2-3-4-5-6-7-8-9-10-11-12-13-14-15-16-19-17-22-24(20,21)23-18-19/h19H,2-18H2,1H3. The molecule has 1 aliphatic heterocycles. The van der Waals surface area contributed by atoms with E-state index in [2.05, 4.69) is 6.92 Å². The lowest BCUT2D eigenvalue weighted by Crippen LogP contribution is -2.19. The van der Waals surface area contributed by atoms with E-state index in [0.717, 1.165) is 6.42 Å². The fourth-order valence-corrected chi connectivity index (χ4v) is 4.46. The van der Waals surface area contributed by atoms with Crippen LogP contribution in [0.2, 0.25) is 0 Å². The monoisotopic (exact) mass is 380 g/mol. The highest BCUT2D eigenvalue weighted by molar-refractivity contribution is 7.81. The molecule has 1 saturated heterocycles. The Labute approximate surface area is 154 Å². The zero-order chi connectivity index (χ0) is 17.5. The predicted molar refractivity (Wildman–Crippen MR) is 104 cm³/mol. The van der Waals surface area contributed by atoms with Gasteiger partial charge in [-0.25, -0.2) is 4.57 Å². The third-order valence-corrected chi connectivity index (χ3v) is 6.40. The van der Waals surface area contributed by atoms with Crippen LogP contribution in [0.1, 0.15) is 103 Å². The molecule has 144 valence electrons. The van der Waals surface area contributed by atoms with Crippen LogP contribution in [0.4, 0.5) is 0 Å². The smallest absolute Gasteiger partial charge is 0.297 e. The van der Waals surface area contributed by atoms with Crippen LogP contribution in [0.15, 0.2) is 0 Å². The molecule has 0 aromatic carbocycles. The Morgan fingerprint density at radius 2 is 1.12 bits per heavy atom.